The highest BCUT2D eigenvalue weighted by Gasteiger charge is 2.18. The van der Waals surface area contributed by atoms with Crippen LogP contribution < -0.4 is 24.8 Å². The van der Waals surface area contributed by atoms with Crippen molar-refractivity contribution in [2.75, 3.05) is 13.7 Å². The van der Waals surface area contributed by atoms with Crippen molar-refractivity contribution in [3.63, 3.8) is 0 Å². The number of nitriles is 1. The van der Waals surface area contributed by atoms with Crippen molar-refractivity contribution in [3.8, 4) is 17.5 Å². The van der Waals surface area contributed by atoms with Crippen molar-refractivity contribution in [2.24, 2.45) is 0 Å². The van der Waals surface area contributed by atoms with Gasteiger partial charge in [0.15, 0.2) is 5.57 Å². The highest BCUT2D eigenvalue weighted by molar-refractivity contribution is 7.07. The molecule has 0 saturated heterocycles. The zero-order valence-electron chi connectivity index (χ0n) is 18.3. The van der Waals surface area contributed by atoms with E-state index in [-0.39, 0.29) is 15.8 Å². The number of aromatic nitrogens is 1. The molecule has 7 heteroatoms. The summed E-state index contributed by atoms with van der Waals surface area (Å²) >= 11 is 1.12. The Hall–Kier alpha value is -3.63. The second-order valence-corrected chi connectivity index (χ2v) is 8.27. The van der Waals surface area contributed by atoms with Gasteiger partial charge in [-0.25, -0.2) is 0 Å². The van der Waals surface area contributed by atoms with Crippen molar-refractivity contribution in [1.82, 2.24) is 9.88 Å². The van der Waals surface area contributed by atoms with Crippen LogP contribution in [0.1, 0.15) is 30.9 Å². The van der Waals surface area contributed by atoms with Crippen LogP contribution in [0.2, 0.25) is 0 Å². The molecule has 2 aromatic carbocycles. The maximum atomic E-state index is 13.5. The summed E-state index contributed by atoms with van der Waals surface area (Å²) in [6, 6.07) is 16.8. The van der Waals surface area contributed by atoms with Crippen LogP contribution in [0.15, 0.2) is 53.3 Å². The first-order chi connectivity index (χ1) is 15.5. The first-order valence-electron chi connectivity index (χ1n) is 10.4. The van der Waals surface area contributed by atoms with Crippen LogP contribution in [-0.2, 0) is 4.79 Å². The molecule has 0 atom stereocenters. The first kappa shape index (κ1) is 23.0. The van der Waals surface area contributed by atoms with Crippen LogP contribution >= 0.6 is 11.3 Å². The van der Waals surface area contributed by atoms with Gasteiger partial charge in [-0.15, -0.1) is 11.3 Å². The van der Waals surface area contributed by atoms with Gasteiger partial charge >= 0.3 is 0 Å². The standard InChI is InChI=1S/C25H25N3O3S/c1-4-5-13-27-23(29)19(16-26)25-28(20-11-6-7-12-21(20)31-3)24(30)22(32-25)15-18-10-8-9-17(2)14-18/h6-12,14-15H,4-5,13H2,1-3H3,(H,27,29)/b22-15-,25-19-. The Labute approximate surface area is 190 Å². The number of aryl methyl sites for hydroxylation is 1. The molecule has 3 rings (SSSR count). The van der Waals surface area contributed by atoms with Crippen molar-refractivity contribution >= 4 is 28.9 Å². The molecule has 0 spiro atoms. The van der Waals surface area contributed by atoms with Gasteiger partial charge in [-0.05, 0) is 37.1 Å². The number of methoxy groups -OCH3 is 1. The smallest absolute Gasteiger partial charge is 0.273 e. The number of para-hydroxylation sites is 2. The summed E-state index contributed by atoms with van der Waals surface area (Å²) in [7, 11) is 1.52. The summed E-state index contributed by atoms with van der Waals surface area (Å²) in [6.45, 7) is 4.46. The number of amides is 1. The zero-order valence-corrected chi connectivity index (χ0v) is 19.2. The second-order valence-electron chi connectivity index (χ2n) is 7.24. The molecule has 164 valence electrons. The fourth-order valence-electron chi connectivity index (χ4n) is 3.26. The molecule has 1 heterocycles. The summed E-state index contributed by atoms with van der Waals surface area (Å²) in [4.78, 5) is 26.3. The van der Waals surface area contributed by atoms with E-state index in [0.717, 1.165) is 35.3 Å². The molecule has 0 bridgehead atoms. The maximum absolute atomic E-state index is 13.5. The summed E-state index contributed by atoms with van der Waals surface area (Å²) < 4.78 is 7.54. The van der Waals surface area contributed by atoms with Gasteiger partial charge in [-0.2, -0.15) is 5.26 Å². The Balaban J connectivity index is 2.34. The van der Waals surface area contributed by atoms with E-state index in [0.29, 0.717) is 22.5 Å². The molecular formula is C25H25N3O3S. The first-order valence-corrected chi connectivity index (χ1v) is 11.2. The van der Waals surface area contributed by atoms with Crippen LogP contribution in [0.5, 0.6) is 5.75 Å². The Kier molecular flexibility index (Phi) is 7.63. The predicted molar refractivity (Wildman–Crippen MR) is 127 cm³/mol. The van der Waals surface area contributed by atoms with E-state index >= 15 is 0 Å². The lowest BCUT2D eigenvalue weighted by atomic mass is 10.1. The summed E-state index contributed by atoms with van der Waals surface area (Å²) in [5.74, 6) is -0.0209. The third kappa shape index (κ3) is 4.98. The number of nitrogens with zero attached hydrogens (tertiary/aromatic N) is 2. The molecule has 1 aromatic heterocycles. The number of benzene rings is 2. The van der Waals surface area contributed by atoms with Gasteiger partial charge in [0.05, 0.1) is 17.3 Å². The van der Waals surface area contributed by atoms with Gasteiger partial charge in [0.25, 0.3) is 11.5 Å². The molecule has 3 aromatic rings. The number of carbonyl (C=O) groups excluding carboxylic acids is 1. The Morgan fingerprint density at radius 3 is 2.72 bits per heavy atom. The Morgan fingerprint density at radius 2 is 2.03 bits per heavy atom. The van der Waals surface area contributed by atoms with Crippen molar-refractivity contribution < 1.29 is 9.53 Å². The Bertz CT molecular complexity index is 1350. The topological polar surface area (TPSA) is 84.1 Å². The van der Waals surface area contributed by atoms with Crippen LogP contribution in [-0.4, -0.2) is 24.1 Å². The molecule has 0 fully saturated rings. The maximum Gasteiger partial charge on any atom is 0.273 e. The van der Waals surface area contributed by atoms with Gasteiger partial charge in [0.1, 0.15) is 16.5 Å². The van der Waals surface area contributed by atoms with Gasteiger partial charge in [-0.1, -0.05) is 55.3 Å². The number of hydrogen-bond acceptors (Lipinski definition) is 5. The van der Waals surface area contributed by atoms with E-state index in [9.17, 15) is 14.9 Å². The molecule has 0 aliphatic rings. The minimum absolute atomic E-state index is 0.0991. The van der Waals surface area contributed by atoms with Gasteiger partial charge in [-0.3, -0.25) is 14.2 Å². The van der Waals surface area contributed by atoms with E-state index in [1.165, 1.54) is 11.7 Å². The predicted octanol–water partition coefficient (Wildman–Crippen LogP) is 2.64. The van der Waals surface area contributed by atoms with Crippen LogP contribution in [0.25, 0.3) is 17.3 Å². The number of hydrogen-bond donors (Lipinski definition) is 1. The lowest BCUT2D eigenvalue weighted by molar-refractivity contribution is -0.115. The van der Waals surface area contributed by atoms with Crippen molar-refractivity contribution in [2.45, 2.75) is 26.7 Å². The van der Waals surface area contributed by atoms with Crippen molar-refractivity contribution in [1.29, 1.82) is 5.26 Å². The van der Waals surface area contributed by atoms with E-state index in [1.807, 2.05) is 44.2 Å². The molecule has 6 nitrogen and oxygen atoms in total. The molecule has 32 heavy (non-hydrogen) atoms. The number of thiazole rings is 1. The van der Waals surface area contributed by atoms with Gasteiger partial charge < -0.3 is 10.1 Å². The minimum Gasteiger partial charge on any atom is -0.495 e. The van der Waals surface area contributed by atoms with E-state index < -0.39 is 5.91 Å². The zero-order chi connectivity index (χ0) is 23.1. The monoisotopic (exact) mass is 447 g/mol. The van der Waals surface area contributed by atoms with Crippen LogP contribution in [0.3, 0.4) is 0 Å². The quantitative estimate of drug-likeness (QED) is 0.565. The lowest BCUT2D eigenvalue weighted by Gasteiger charge is -2.09. The highest BCUT2D eigenvalue weighted by atomic mass is 32.1. The fourth-order valence-corrected chi connectivity index (χ4v) is 4.35. The summed E-state index contributed by atoms with van der Waals surface area (Å²) in [5.41, 5.74) is 2.00. The molecule has 0 unspecified atom stereocenters. The van der Waals surface area contributed by atoms with Crippen LogP contribution in [0.4, 0.5) is 0 Å². The average molecular weight is 448 g/mol. The number of carbonyl (C=O) groups is 1. The highest BCUT2D eigenvalue weighted by Crippen LogP contribution is 2.19. The van der Waals surface area contributed by atoms with E-state index in [1.54, 1.807) is 30.3 Å². The molecule has 1 amide bonds. The number of unbranched alkanes of at least 4 members (excludes halogenated alkanes) is 1. The number of ether oxygens (including phenoxy) is 1. The third-order valence-electron chi connectivity index (χ3n) is 4.86. The van der Waals surface area contributed by atoms with E-state index in [2.05, 4.69) is 5.32 Å². The fraction of sp³-hybridized carbons (Fsp3) is 0.240. The van der Waals surface area contributed by atoms with Crippen molar-refractivity contribution in [3.05, 3.63) is 79.2 Å². The summed E-state index contributed by atoms with van der Waals surface area (Å²) in [5, 5.41) is 12.6. The molecular weight excluding hydrogens is 422 g/mol. The molecule has 0 saturated carbocycles. The largest absolute Gasteiger partial charge is 0.495 e. The Morgan fingerprint density at radius 1 is 1.25 bits per heavy atom. The third-order valence-corrected chi connectivity index (χ3v) is 5.95. The molecule has 0 aliphatic carbocycles. The number of rotatable bonds is 7. The molecule has 0 radical (unpaired) electrons. The van der Waals surface area contributed by atoms with Gasteiger partial charge in [0.2, 0.25) is 0 Å². The molecule has 0 aliphatic heterocycles. The SMILES string of the molecule is CCCCNC(=O)/C(C#N)=c1\s/c(=C\c2cccc(C)c2)c(=O)n1-c1ccccc1OC. The summed E-state index contributed by atoms with van der Waals surface area (Å²) in [6.07, 6.45) is 3.50. The lowest BCUT2D eigenvalue weighted by Crippen LogP contribution is -2.34. The minimum atomic E-state index is -0.493. The molecule has 1 N–H and O–H groups in total. The normalized spacial score (nSPS) is 12.2. The van der Waals surface area contributed by atoms with Crippen LogP contribution in [0, 0.1) is 18.3 Å². The second kappa shape index (κ2) is 10.6. The van der Waals surface area contributed by atoms with Gasteiger partial charge in [0, 0.05) is 6.54 Å². The average Bonchev–Trinajstić information content (AvgIpc) is 3.09. The number of nitrogens with one attached hydrogen (secondary N) is 1. The van der Waals surface area contributed by atoms with E-state index in [4.69, 9.17) is 4.74 Å².